The van der Waals surface area contributed by atoms with Gasteiger partial charge in [-0.15, -0.1) is 0 Å². The zero-order chi connectivity index (χ0) is 34.4. The van der Waals surface area contributed by atoms with Gasteiger partial charge in [0.1, 0.15) is 0 Å². The summed E-state index contributed by atoms with van der Waals surface area (Å²) in [5.74, 6) is 2.55. The maximum Gasteiger partial charge on any atom is 0.220 e. The molecule has 7 nitrogen and oxygen atoms in total. The van der Waals surface area contributed by atoms with E-state index in [0.717, 1.165) is 73.1 Å². The highest BCUT2D eigenvalue weighted by molar-refractivity contribution is 5.97. The van der Waals surface area contributed by atoms with Crippen LogP contribution in [0, 0.1) is 0 Å². The summed E-state index contributed by atoms with van der Waals surface area (Å²) in [4.78, 5) is 27.5. The van der Waals surface area contributed by atoms with Gasteiger partial charge in [0.15, 0.2) is 17.5 Å². The Labute approximate surface area is 300 Å². The van der Waals surface area contributed by atoms with Crippen molar-refractivity contribution in [1.29, 1.82) is 0 Å². The second-order valence-electron chi connectivity index (χ2n) is 12.6. The van der Waals surface area contributed by atoms with E-state index in [4.69, 9.17) is 24.9 Å². The van der Waals surface area contributed by atoms with Crippen LogP contribution in [-0.4, -0.2) is 29.5 Å². The number of aromatic nitrogens is 6. The fourth-order valence-electron chi connectivity index (χ4n) is 7.04. The summed E-state index contributed by atoms with van der Waals surface area (Å²) in [5.41, 5.74) is 11.6. The number of rotatable bonds is 5. The van der Waals surface area contributed by atoms with E-state index >= 15 is 0 Å². The van der Waals surface area contributed by atoms with Crippen LogP contribution < -0.4 is 4.90 Å². The molecule has 10 rings (SSSR count). The summed E-state index contributed by atoms with van der Waals surface area (Å²) in [7, 11) is 0. The number of imidazole rings is 1. The van der Waals surface area contributed by atoms with Crippen molar-refractivity contribution in [3.05, 3.63) is 176 Å². The molecule has 1 aliphatic heterocycles. The molecule has 0 spiro atoms. The van der Waals surface area contributed by atoms with Crippen molar-refractivity contribution in [2.75, 3.05) is 4.90 Å². The van der Waals surface area contributed by atoms with Crippen LogP contribution in [0.25, 0.3) is 73.3 Å². The Morgan fingerprint density at radius 1 is 0.404 bits per heavy atom. The lowest BCUT2D eigenvalue weighted by molar-refractivity contribution is 1.05. The molecule has 244 valence electrons. The minimum atomic E-state index is 0.562. The zero-order valence-corrected chi connectivity index (χ0v) is 27.9. The van der Waals surface area contributed by atoms with Crippen molar-refractivity contribution in [1.82, 2.24) is 29.5 Å². The first-order valence-corrected chi connectivity index (χ1v) is 17.2. The number of hydrogen-bond acceptors (Lipinski definition) is 6. The maximum atomic E-state index is 5.31. The van der Waals surface area contributed by atoms with Gasteiger partial charge in [0.25, 0.3) is 0 Å². The third-order valence-electron chi connectivity index (χ3n) is 9.42. The van der Waals surface area contributed by atoms with Gasteiger partial charge in [0.05, 0.1) is 33.8 Å². The molecule has 6 aromatic carbocycles. The van der Waals surface area contributed by atoms with Crippen LogP contribution in [0.5, 0.6) is 0 Å². The maximum absolute atomic E-state index is 5.31. The summed E-state index contributed by atoms with van der Waals surface area (Å²) in [6.07, 6.45) is 1.82. The number of para-hydroxylation sites is 4. The van der Waals surface area contributed by atoms with Gasteiger partial charge in [-0.25, -0.2) is 19.9 Å². The highest BCUT2D eigenvalue weighted by Gasteiger charge is 2.30. The number of benzene rings is 6. The topological polar surface area (TPSA) is 72.6 Å². The average molecular weight is 668 g/mol. The summed E-state index contributed by atoms with van der Waals surface area (Å²) >= 11 is 0. The molecule has 0 radical (unpaired) electrons. The second kappa shape index (κ2) is 12.3. The van der Waals surface area contributed by atoms with E-state index in [1.54, 1.807) is 0 Å². The first-order chi connectivity index (χ1) is 25.8. The van der Waals surface area contributed by atoms with Crippen LogP contribution in [0.4, 0.5) is 17.3 Å². The third-order valence-corrected chi connectivity index (χ3v) is 9.42. The lowest BCUT2D eigenvalue weighted by atomic mass is 10.0. The van der Waals surface area contributed by atoms with E-state index in [-0.39, 0.29) is 0 Å². The van der Waals surface area contributed by atoms with E-state index in [9.17, 15) is 0 Å². The van der Waals surface area contributed by atoms with E-state index in [2.05, 4.69) is 94.4 Å². The van der Waals surface area contributed by atoms with Crippen molar-refractivity contribution < 1.29 is 0 Å². The Morgan fingerprint density at radius 3 is 1.65 bits per heavy atom. The second-order valence-corrected chi connectivity index (χ2v) is 12.6. The molecule has 52 heavy (non-hydrogen) atoms. The first kappa shape index (κ1) is 29.6. The van der Waals surface area contributed by atoms with Gasteiger partial charge in [-0.3, -0.25) is 14.5 Å². The van der Waals surface area contributed by atoms with E-state index in [0.29, 0.717) is 17.5 Å². The van der Waals surface area contributed by atoms with Crippen molar-refractivity contribution in [2.24, 2.45) is 0 Å². The number of hydrogen-bond donors (Lipinski definition) is 0. The van der Waals surface area contributed by atoms with Crippen LogP contribution in [-0.2, 0) is 0 Å². The quantitative estimate of drug-likeness (QED) is 0.182. The SMILES string of the molecule is c1ccc(-c2nc(-c3ccccc3)nc(-c3cc(-c4ccccn4)cc(N4c5ccccc5-c5ccccc5-n5c4nc4ccccc45)c3)n2)cc1. The van der Waals surface area contributed by atoms with Gasteiger partial charge < -0.3 is 0 Å². The molecule has 9 aromatic rings. The molecule has 0 amide bonds. The Morgan fingerprint density at radius 2 is 0.962 bits per heavy atom. The Hall–Kier alpha value is -7.25. The highest BCUT2D eigenvalue weighted by Crippen LogP contribution is 2.48. The van der Waals surface area contributed by atoms with Crippen molar-refractivity contribution in [2.45, 2.75) is 0 Å². The molecular weight excluding hydrogens is 639 g/mol. The molecule has 0 bridgehead atoms. The fraction of sp³-hybridized carbons (Fsp3) is 0. The highest BCUT2D eigenvalue weighted by atomic mass is 15.3. The predicted molar refractivity (Wildman–Crippen MR) is 208 cm³/mol. The zero-order valence-electron chi connectivity index (χ0n) is 27.9. The molecule has 3 aromatic heterocycles. The molecule has 0 saturated heterocycles. The van der Waals surface area contributed by atoms with Crippen LogP contribution in [0.1, 0.15) is 0 Å². The van der Waals surface area contributed by atoms with Gasteiger partial charge in [0.2, 0.25) is 5.95 Å². The minimum absolute atomic E-state index is 0.562. The summed E-state index contributed by atoms with van der Waals surface area (Å²) in [6.45, 7) is 0. The largest absolute Gasteiger partial charge is 0.280 e. The summed E-state index contributed by atoms with van der Waals surface area (Å²) in [5, 5.41) is 0. The van der Waals surface area contributed by atoms with Crippen molar-refractivity contribution in [3.63, 3.8) is 0 Å². The molecule has 4 heterocycles. The number of anilines is 3. The summed E-state index contributed by atoms with van der Waals surface area (Å²) in [6, 6.07) is 57.9. The standard InChI is InChI=1S/C45H29N7/c1-3-15-30(16-4-1)42-48-43(31-17-5-2-6-18-31)50-44(49-42)33-27-32(37-21-13-14-26-46-37)28-34(29-33)51-39-23-10-7-19-35(39)36-20-8-11-24-40(36)52-41-25-12-9-22-38(41)47-45(51)52/h1-29H. The third kappa shape index (κ3) is 5.03. The molecule has 1 aliphatic rings. The number of pyridine rings is 1. The van der Waals surface area contributed by atoms with Crippen LogP contribution >= 0.6 is 0 Å². The fourth-order valence-corrected chi connectivity index (χ4v) is 7.04. The van der Waals surface area contributed by atoms with Gasteiger partial charge in [-0.05, 0) is 54.6 Å². The minimum Gasteiger partial charge on any atom is -0.280 e. The van der Waals surface area contributed by atoms with Crippen molar-refractivity contribution in [3.8, 4) is 62.2 Å². The van der Waals surface area contributed by atoms with Crippen LogP contribution in [0.3, 0.4) is 0 Å². The monoisotopic (exact) mass is 667 g/mol. The predicted octanol–water partition coefficient (Wildman–Crippen LogP) is 10.7. The molecule has 0 fully saturated rings. The number of fused-ring (bicyclic) bond motifs is 7. The molecule has 0 saturated carbocycles. The molecule has 0 N–H and O–H groups in total. The molecule has 0 unspecified atom stereocenters. The van der Waals surface area contributed by atoms with E-state index in [1.807, 2.05) is 91.1 Å². The van der Waals surface area contributed by atoms with Gasteiger partial charge in [0, 0.05) is 39.6 Å². The lowest BCUT2D eigenvalue weighted by Gasteiger charge is -2.25. The molecule has 7 heteroatoms. The van der Waals surface area contributed by atoms with Crippen LogP contribution in [0.2, 0.25) is 0 Å². The summed E-state index contributed by atoms with van der Waals surface area (Å²) < 4.78 is 2.27. The van der Waals surface area contributed by atoms with Crippen molar-refractivity contribution >= 4 is 28.4 Å². The lowest BCUT2D eigenvalue weighted by Crippen LogP contribution is -2.14. The van der Waals surface area contributed by atoms with E-state index in [1.165, 1.54) is 0 Å². The molecule has 0 aliphatic carbocycles. The Bertz CT molecular complexity index is 2680. The van der Waals surface area contributed by atoms with Gasteiger partial charge in [-0.1, -0.05) is 115 Å². The molecule has 0 atom stereocenters. The average Bonchev–Trinajstić information content (AvgIpc) is 3.55. The van der Waals surface area contributed by atoms with E-state index < -0.39 is 0 Å². The normalized spacial score (nSPS) is 11.8. The van der Waals surface area contributed by atoms with Gasteiger partial charge in [-0.2, -0.15) is 0 Å². The first-order valence-electron chi connectivity index (χ1n) is 17.2. The van der Waals surface area contributed by atoms with Crippen LogP contribution in [0.15, 0.2) is 176 Å². The van der Waals surface area contributed by atoms with Gasteiger partial charge >= 0.3 is 0 Å². The molecular formula is C45H29N7. The smallest absolute Gasteiger partial charge is 0.220 e. The number of nitrogens with zero attached hydrogens (tertiary/aromatic N) is 7. The Balaban J connectivity index is 1.27. The Kier molecular flexibility index (Phi) is 6.99.